The third-order valence-electron chi connectivity index (χ3n) is 5.72. The highest BCUT2D eigenvalue weighted by molar-refractivity contribution is 5.32. The van der Waals surface area contributed by atoms with Crippen molar-refractivity contribution in [1.82, 2.24) is 10.2 Å². The molecule has 0 radical (unpaired) electrons. The van der Waals surface area contributed by atoms with Crippen molar-refractivity contribution < 1.29 is 0 Å². The van der Waals surface area contributed by atoms with Gasteiger partial charge < -0.3 is 5.32 Å². The molecular formula is C24H34N2. The maximum Gasteiger partial charge on any atom is 0.0568 e. The molecule has 1 aliphatic rings. The summed E-state index contributed by atoms with van der Waals surface area (Å²) in [6.45, 7) is 10.6. The van der Waals surface area contributed by atoms with Crippen molar-refractivity contribution >= 4 is 0 Å². The molecule has 3 unspecified atom stereocenters. The van der Waals surface area contributed by atoms with Crippen LogP contribution in [0.3, 0.4) is 0 Å². The summed E-state index contributed by atoms with van der Waals surface area (Å²) >= 11 is 0. The Hall–Kier alpha value is -1.64. The van der Waals surface area contributed by atoms with Gasteiger partial charge >= 0.3 is 0 Å². The minimum absolute atomic E-state index is 0.451. The molecule has 2 aromatic rings. The van der Waals surface area contributed by atoms with E-state index < -0.39 is 0 Å². The van der Waals surface area contributed by atoms with Crippen molar-refractivity contribution in [1.29, 1.82) is 0 Å². The first-order valence-corrected chi connectivity index (χ1v) is 10.2. The average molecular weight is 351 g/mol. The molecule has 1 saturated heterocycles. The highest BCUT2D eigenvalue weighted by Gasteiger charge is 2.25. The first kappa shape index (κ1) is 19.1. The molecule has 140 valence electrons. The van der Waals surface area contributed by atoms with Crippen LogP contribution in [0.25, 0.3) is 0 Å². The van der Waals surface area contributed by atoms with Crippen LogP contribution in [0.4, 0.5) is 0 Å². The summed E-state index contributed by atoms with van der Waals surface area (Å²) in [7, 11) is 0. The summed E-state index contributed by atoms with van der Waals surface area (Å²) in [6.07, 6.45) is 2.94. The van der Waals surface area contributed by atoms with E-state index >= 15 is 0 Å². The lowest BCUT2D eigenvalue weighted by molar-refractivity contribution is 0.0868. The molecule has 26 heavy (non-hydrogen) atoms. The molecule has 1 N–H and O–H groups in total. The molecule has 2 heteroatoms. The van der Waals surface area contributed by atoms with Gasteiger partial charge in [-0.1, -0.05) is 74.5 Å². The van der Waals surface area contributed by atoms with Gasteiger partial charge in [0.05, 0.1) is 6.17 Å². The van der Waals surface area contributed by atoms with Crippen LogP contribution in [0, 0.1) is 11.8 Å². The van der Waals surface area contributed by atoms with Gasteiger partial charge in [-0.25, -0.2) is 0 Å². The third-order valence-corrected chi connectivity index (χ3v) is 5.72. The topological polar surface area (TPSA) is 15.3 Å². The average Bonchev–Trinajstić information content (AvgIpc) is 2.65. The Bertz CT molecular complexity index is 590. The number of nitrogens with one attached hydrogen (secondary N) is 1. The second kappa shape index (κ2) is 9.34. The molecule has 0 amide bonds. The Balaban J connectivity index is 1.60. The molecule has 1 aliphatic heterocycles. The number of hydrogen-bond acceptors (Lipinski definition) is 2. The lowest BCUT2D eigenvalue weighted by Crippen LogP contribution is -2.50. The van der Waals surface area contributed by atoms with Crippen molar-refractivity contribution in [3.63, 3.8) is 0 Å². The fourth-order valence-electron chi connectivity index (χ4n) is 4.49. The highest BCUT2D eigenvalue weighted by Crippen LogP contribution is 2.27. The molecule has 0 spiro atoms. The van der Waals surface area contributed by atoms with Crippen molar-refractivity contribution in [2.24, 2.45) is 11.8 Å². The Labute approximate surface area is 159 Å². The molecule has 2 nitrogen and oxygen atoms in total. The van der Waals surface area contributed by atoms with E-state index in [0.717, 1.165) is 24.8 Å². The van der Waals surface area contributed by atoms with Gasteiger partial charge in [-0.05, 0) is 49.3 Å². The van der Waals surface area contributed by atoms with E-state index in [9.17, 15) is 0 Å². The van der Waals surface area contributed by atoms with Gasteiger partial charge in [-0.3, -0.25) is 4.90 Å². The van der Waals surface area contributed by atoms with Crippen LogP contribution in [-0.4, -0.2) is 30.7 Å². The van der Waals surface area contributed by atoms with Crippen molar-refractivity contribution in [2.75, 3.05) is 19.6 Å². The first-order valence-electron chi connectivity index (χ1n) is 10.2. The van der Waals surface area contributed by atoms with Gasteiger partial charge in [0.15, 0.2) is 0 Å². The molecular weight excluding hydrogens is 316 g/mol. The number of nitrogens with zero attached hydrogens (tertiary/aromatic N) is 1. The molecule has 1 fully saturated rings. The van der Waals surface area contributed by atoms with Crippen molar-refractivity contribution in [3.8, 4) is 0 Å². The fraction of sp³-hybridized carbons (Fsp3) is 0.500. The second-order valence-corrected chi connectivity index (χ2v) is 8.19. The first-order chi connectivity index (χ1) is 12.6. The molecule has 0 bridgehead atoms. The SMILES string of the molecule is CC1CC(C)CN(C(C)NCCC(c2ccccc2)c2ccccc2)C1. The zero-order valence-corrected chi connectivity index (χ0v) is 16.6. The number of piperidine rings is 1. The van der Waals surface area contributed by atoms with Gasteiger partial charge in [0.2, 0.25) is 0 Å². The summed E-state index contributed by atoms with van der Waals surface area (Å²) in [4.78, 5) is 2.62. The monoisotopic (exact) mass is 350 g/mol. The van der Waals surface area contributed by atoms with Crippen LogP contribution in [0.2, 0.25) is 0 Å². The predicted molar refractivity (Wildman–Crippen MR) is 111 cm³/mol. The maximum absolute atomic E-state index is 3.79. The van der Waals surface area contributed by atoms with Gasteiger partial charge in [-0.15, -0.1) is 0 Å². The Kier molecular flexibility index (Phi) is 6.87. The van der Waals surface area contributed by atoms with E-state index in [0.29, 0.717) is 12.1 Å². The van der Waals surface area contributed by atoms with E-state index in [2.05, 4.69) is 91.7 Å². The van der Waals surface area contributed by atoms with Crippen LogP contribution < -0.4 is 5.32 Å². The van der Waals surface area contributed by atoms with Crippen LogP contribution >= 0.6 is 0 Å². The molecule has 0 aliphatic carbocycles. The summed E-state index contributed by atoms with van der Waals surface area (Å²) < 4.78 is 0. The fourth-order valence-corrected chi connectivity index (χ4v) is 4.49. The van der Waals surface area contributed by atoms with Crippen LogP contribution in [0.5, 0.6) is 0 Å². The molecule has 2 aromatic carbocycles. The highest BCUT2D eigenvalue weighted by atomic mass is 15.3. The third kappa shape index (κ3) is 5.18. The van der Waals surface area contributed by atoms with Gasteiger partial charge in [0.25, 0.3) is 0 Å². The molecule has 0 aromatic heterocycles. The van der Waals surface area contributed by atoms with Gasteiger partial charge in [0.1, 0.15) is 0 Å². The largest absolute Gasteiger partial charge is 0.302 e. The van der Waals surface area contributed by atoms with Crippen molar-refractivity contribution in [2.45, 2.75) is 45.7 Å². The molecule has 3 atom stereocenters. The maximum atomic E-state index is 3.79. The standard InChI is InChI=1S/C24H34N2/c1-19-16-20(2)18-26(17-19)21(3)25-15-14-24(22-10-6-4-7-11-22)23-12-8-5-9-13-23/h4-13,19-21,24-25H,14-18H2,1-3H3. The number of rotatable bonds is 7. The van der Waals surface area contributed by atoms with Crippen LogP contribution in [0.15, 0.2) is 60.7 Å². The van der Waals surface area contributed by atoms with E-state index in [4.69, 9.17) is 0 Å². The zero-order chi connectivity index (χ0) is 18.4. The normalized spacial score (nSPS) is 22.5. The van der Waals surface area contributed by atoms with E-state index in [1.807, 2.05) is 0 Å². The van der Waals surface area contributed by atoms with E-state index in [1.165, 1.54) is 30.6 Å². The zero-order valence-electron chi connectivity index (χ0n) is 16.6. The van der Waals surface area contributed by atoms with Gasteiger partial charge in [0, 0.05) is 19.0 Å². The van der Waals surface area contributed by atoms with E-state index in [1.54, 1.807) is 0 Å². The minimum Gasteiger partial charge on any atom is -0.302 e. The smallest absolute Gasteiger partial charge is 0.0568 e. The summed E-state index contributed by atoms with van der Waals surface area (Å²) in [6, 6.07) is 21.8. The lowest BCUT2D eigenvalue weighted by atomic mass is 9.88. The number of benzene rings is 2. The predicted octanol–water partition coefficient (Wildman–Crippen LogP) is 5.12. The number of likely N-dealkylation sites (tertiary alicyclic amines) is 1. The summed E-state index contributed by atoms with van der Waals surface area (Å²) in [5.41, 5.74) is 2.82. The molecule has 0 saturated carbocycles. The Morgan fingerprint density at radius 1 is 0.885 bits per heavy atom. The van der Waals surface area contributed by atoms with Crippen molar-refractivity contribution in [3.05, 3.63) is 71.8 Å². The quantitative estimate of drug-likeness (QED) is 0.745. The lowest BCUT2D eigenvalue weighted by Gasteiger charge is -2.39. The Morgan fingerprint density at radius 3 is 1.88 bits per heavy atom. The molecule has 1 heterocycles. The summed E-state index contributed by atoms with van der Waals surface area (Å²) in [5.74, 6) is 2.07. The van der Waals surface area contributed by atoms with E-state index in [-0.39, 0.29) is 0 Å². The van der Waals surface area contributed by atoms with Crippen LogP contribution in [0.1, 0.15) is 50.7 Å². The van der Waals surface area contributed by atoms with Crippen LogP contribution in [-0.2, 0) is 0 Å². The molecule has 3 rings (SSSR count). The second-order valence-electron chi connectivity index (χ2n) is 8.19. The Morgan fingerprint density at radius 2 is 1.38 bits per heavy atom. The van der Waals surface area contributed by atoms with Gasteiger partial charge in [-0.2, -0.15) is 0 Å². The summed E-state index contributed by atoms with van der Waals surface area (Å²) in [5, 5.41) is 3.79. The minimum atomic E-state index is 0.451. The number of hydrogen-bond donors (Lipinski definition) is 1.